The molecule has 348 valence electrons. The van der Waals surface area contributed by atoms with E-state index < -0.39 is 12.1 Å². The second-order valence-electron chi connectivity index (χ2n) is 18.3. The minimum Gasteiger partial charge on any atom is -0.394 e. The predicted molar refractivity (Wildman–Crippen MR) is 262 cm³/mol. The first-order chi connectivity index (χ1) is 29.2. The molecule has 2 unspecified atom stereocenters. The number of allylic oxidation sites excluding steroid dienone is 5. The first-order valence-corrected chi connectivity index (χ1v) is 26.7. The molecular formula is C55H105NO3. The molecular weight excluding hydrogens is 723 g/mol. The van der Waals surface area contributed by atoms with Crippen molar-refractivity contribution in [2.45, 2.75) is 302 Å². The van der Waals surface area contributed by atoms with Gasteiger partial charge in [0, 0.05) is 6.42 Å². The highest BCUT2D eigenvalue weighted by atomic mass is 16.3. The van der Waals surface area contributed by atoms with E-state index in [4.69, 9.17) is 0 Å². The Balaban J connectivity index is 3.42. The average molecular weight is 828 g/mol. The van der Waals surface area contributed by atoms with Gasteiger partial charge in [0.1, 0.15) is 0 Å². The van der Waals surface area contributed by atoms with Crippen LogP contribution in [0.4, 0.5) is 0 Å². The number of carbonyl (C=O) groups excluding carboxylic acids is 1. The molecule has 0 aromatic heterocycles. The number of amides is 1. The van der Waals surface area contributed by atoms with Crippen molar-refractivity contribution in [1.82, 2.24) is 5.32 Å². The smallest absolute Gasteiger partial charge is 0.220 e. The Morgan fingerprint density at radius 2 is 0.661 bits per heavy atom. The highest BCUT2D eigenvalue weighted by Gasteiger charge is 2.17. The van der Waals surface area contributed by atoms with Gasteiger partial charge in [-0.05, 0) is 44.9 Å². The molecule has 0 rings (SSSR count). The van der Waals surface area contributed by atoms with Crippen LogP contribution >= 0.6 is 0 Å². The predicted octanol–water partition coefficient (Wildman–Crippen LogP) is 17.3. The minimum atomic E-state index is -0.867. The summed E-state index contributed by atoms with van der Waals surface area (Å²) in [6.45, 7) is 4.29. The van der Waals surface area contributed by atoms with Crippen LogP contribution in [0.25, 0.3) is 0 Å². The molecule has 0 aliphatic rings. The van der Waals surface area contributed by atoms with Gasteiger partial charge < -0.3 is 15.5 Å². The van der Waals surface area contributed by atoms with Gasteiger partial charge in [-0.1, -0.05) is 275 Å². The Morgan fingerprint density at radius 3 is 0.983 bits per heavy atom. The summed E-state index contributed by atoms with van der Waals surface area (Å²) in [6, 6.07) is -0.642. The van der Waals surface area contributed by atoms with Crippen molar-refractivity contribution in [3.05, 3.63) is 36.5 Å². The lowest BCUT2D eigenvalue weighted by atomic mass is 10.0. The van der Waals surface area contributed by atoms with Crippen LogP contribution in [0.2, 0.25) is 0 Å². The fourth-order valence-electron chi connectivity index (χ4n) is 8.27. The number of nitrogens with one attached hydrogen (secondary N) is 1. The van der Waals surface area contributed by atoms with Crippen molar-refractivity contribution in [3.63, 3.8) is 0 Å². The largest absolute Gasteiger partial charge is 0.394 e. The average Bonchev–Trinajstić information content (AvgIpc) is 3.24. The van der Waals surface area contributed by atoms with Crippen molar-refractivity contribution >= 4 is 5.91 Å². The zero-order valence-corrected chi connectivity index (χ0v) is 40.0. The highest BCUT2D eigenvalue weighted by Crippen LogP contribution is 2.17. The normalized spacial score (nSPS) is 13.1. The van der Waals surface area contributed by atoms with Gasteiger partial charge >= 0.3 is 0 Å². The molecule has 4 nitrogen and oxygen atoms in total. The summed E-state index contributed by atoms with van der Waals surface area (Å²) in [6.07, 6.45) is 68.8. The van der Waals surface area contributed by atoms with Crippen molar-refractivity contribution < 1.29 is 15.0 Å². The molecule has 0 aliphatic heterocycles. The van der Waals surface area contributed by atoms with Crippen molar-refractivity contribution in [2.24, 2.45) is 0 Å². The van der Waals surface area contributed by atoms with Crippen LogP contribution in [-0.4, -0.2) is 34.9 Å². The molecule has 0 spiro atoms. The van der Waals surface area contributed by atoms with E-state index in [9.17, 15) is 15.0 Å². The third-order valence-electron chi connectivity index (χ3n) is 12.4. The van der Waals surface area contributed by atoms with Gasteiger partial charge in [-0.2, -0.15) is 0 Å². The number of unbranched alkanes of at least 4 members (excludes halogenated alkanes) is 38. The van der Waals surface area contributed by atoms with Crippen LogP contribution in [0.5, 0.6) is 0 Å². The molecule has 0 heterocycles. The third-order valence-corrected chi connectivity index (χ3v) is 12.4. The minimum absolute atomic E-state index is 0.0739. The molecule has 0 radical (unpaired) electrons. The molecule has 2 atom stereocenters. The Morgan fingerprint density at radius 1 is 0.390 bits per heavy atom. The number of aliphatic hydroxyl groups excluding tert-OH is 2. The summed E-state index contributed by atoms with van der Waals surface area (Å²) in [5.41, 5.74) is 0. The summed E-state index contributed by atoms with van der Waals surface area (Å²) >= 11 is 0. The number of carbonyl (C=O) groups is 1. The maximum atomic E-state index is 12.4. The van der Waals surface area contributed by atoms with Gasteiger partial charge in [-0.15, -0.1) is 0 Å². The van der Waals surface area contributed by atoms with E-state index in [1.165, 1.54) is 231 Å². The van der Waals surface area contributed by atoms with Gasteiger partial charge in [-0.3, -0.25) is 4.79 Å². The number of hydrogen-bond donors (Lipinski definition) is 3. The van der Waals surface area contributed by atoms with Crippen LogP contribution in [0.3, 0.4) is 0 Å². The van der Waals surface area contributed by atoms with Crippen LogP contribution in [-0.2, 0) is 4.79 Å². The van der Waals surface area contributed by atoms with E-state index in [0.29, 0.717) is 6.42 Å². The molecule has 0 aromatic carbocycles. The highest BCUT2D eigenvalue weighted by molar-refractivity contribution is 5.76. The Bertz CT molecular complexity index is 897. The van der Waals surface area contributed by atoms with Crippen molar-refractivity contribution in [3.8, 4) is 0 Å². The maximum Gasteiger partial charge on any atom is 0.220 e. The lowest BCUT2D eigenvalue weighted by molar-refractivity contribution is -0.123. The molecule has 0 bridgehead atoms. The van der Waals surface area contributed by atoms with E-state index in [0.717, 1.165) is 38.5 Å². The zero-order chi connectivity index (χ0) is 42.8. The van der Waals surface area contributed by atoms with Gasteiger partial charge in [0.2, 0.25) is 5.91 Å². The number of rotatable bonds is 49. The second kappa shape index (κ2) is 51.0. The Labute approximate surface area is 370 Å². The molecule has 0 fully saturated rings. The molecule has 0 saturated heterocycles. The van der Waals surface area contributed by atoms with Gasteiger partial charge in [-0.25, -0.2) is 0 Å². The topological polar surface area (TPSA) is 69.6 Å². The monoisotopic (exact) mass is 828 g/mol. The zero-order valence-electron chi connectivity index (χ0n) is 40.0. The van der Waals surface area contributed by atoms with E-state index >= 15 is 0 Å². The first-order valence-electron chi connectivity index (χ1n) is 26.7. The molecule has 4 heteroatoms. The molecule has 59 heavy (non-hydrogen) atoms. The molecule has 0 saturated carbocycles. The summed E-state index contributed by atoms with van der Waals surface area (Å²) in [5.74, 6) is -0.0739. The Hall–Kier alpha value is -1.39. The van der Waals surface area contributed by atoms with Crippen molar-refractivity contribution in [2.75, 3.05) is 6.61 Å². The van der Waals surface area contributed by atoms with Crippen LogP contribution in [0.15, 0.2) is 36.5 Å². The first kappa shape index (κ1) is 57.6. The molecule has 0 aliphatic carbocycles. The van der Waals surface area contributed by atoms with E-state index in [1.807, 2.05) is 6.08 Å². The molecule has 1 amide bonds. The number of hydrogen-bond acceptors (Lipinski definition) is 3. The Kier molecular flexibility index (Phi) is 49.8. The van der Waals surface area contributed by atoms with E-state index in [2.05, 4.69) is 43.5 Å². The van der Waals surface area contributed by atoms with Crippen LogP contribution < -0.4 is 5.32 Å². The van der Waals surface area contributed by atoms with Gasteiger partial charge in [0.15, 0.2) is 0 Å². The van der Waals surface area contributed by atoms with Crippen LogP contribution in [0.1, 0.15) is 290 Å². The maximum absolute atomic E-state index is 12.4. The van der Waals surface area contributed by atoms with E-state index in [1.54, 1.807) is 6.08 Å². The third kappa shape index (κ3) is 47.5. The number of aliphatic hydroxyl groups is 2. The molecule has 3 N–H and O–H groups in total. The van der Waals surface area contributed by atoms with Gasteiger partial charge in [0.05, 0.1) is 18.8 Å². The lowest BCUT2D eigenvalue weighted by Crippen LogP contribution is -2.45. The SMILES string of the molecule is CCCCCC/C=C/CC/C=C/CC/C=C/C(O)C(CO)NC(=O)CCCCCCCCCCCCCCCCCCCCCCCCCCCCCCCCCCC. The standard InChI is InChI=1S/C55H105NO3/c1-3-5-7-9-11-13-15-17-19-20-21-22-23-24-25-26-27-28-29-30-31-32-33-34-35-36-37-39-41-43-45-47-49-51-55(59)56-53(52-57)54(58)50-48-46-44-42-40-38-18-16-14-12-10-8-6-4-2/h14,16,40,42,48,50,53-54,57-58H,3-13,15,17-39,41,43-47,49,51-52H2,1-2H3,(H,56,59)/b16-14+,42-40+,50-48+. The van der Waals surface area contributed by atoms with Crippen LogP contribution in [0, 0.1) is 0 Å². The fraction of sp³-hybridized carbons (Fsp3) is 0.873. The van der Waals surface area contributed by atoms with Crippen molar-refractivity contribution in [1.29, 1.82) is 0 Å². The van der Waals surface area contributed by atoms with E-state index in [-0.39, 0.29) is 12.5 Å². The second-order valence-corrected chi connectivity index (χ2v) is 18.3. The van der Waals surface area contributed by atoms with Gasteiger partial charge in [0.25, 0.3) is 0 Å². The fourth-order valence-corrected chi connectivity index (χ4v) is 8.27. The summed E-state index contributed by atoms with van der Waals surface area (Å²) in [5, 5.41) is 23.0. The lowest BCUT2D eigenvalue weighted by Gasteiger charge is -2.19. The summed E-state index contributed by atoms with van der Waals surface area (Å²) in [4.78, 5) is 12.4. The summed E-state index contributed by atoms with van der Waals surface area (Å²) in [7, 11) is 0. The summed E-state index contributed by atoms with van der Waals surface area (Å²) < 4.78 is 0. The molecule has 0 aromatic rings. The quantitative estimate of drug-likeness (QED) is 0.0423.